The number of rotatable bonds is 2. The number of esters is 1. The summed E-state index contributed by atoms with van der Waals surface area (Å²) in [6, 6.07) is 6.05. The number of halogens is 1. The van der Waals surface area contributed by atoms with Crippen LogP contribution >= 0.6 is 0 Å². The first-order chi connectivity index (χ1) is 10.1. The minimum atomic E-state index is -0.675. The Morgan fingerprint density at radius 3 is 2.95 bits per heavy atom. The lowest BCUT2D eigenvalue weighted by Crippen LogP contribution is -2.11. The van der Waals surface area contributed by atoms with Crippen LogP contribution in [-0.4, -0.2) is 20.6 Å². The molecular formula is C15H12FN3O2. The molecule has 2 aromatic heterocycles. The first kappa shape index (κ1) is 13.2. The van der Waals surface area contributed by atoms with Gasteiger partial charge in [0.1, 0.15) is 5.56 Å². The van der Waals surface area contributed by atoms with E-state index in [9.17, 15) is 9.18 Å². The van der Waals surface area contributed by atoms with Gasteiger partial charge in [0.25, 0.3) is 0 Å². The summed E-state index contributed by atoms with van der Waals surface area (Å²) >= 11 is 0. The highest BCUT2D eigenvalue weighted by Crippen LogP contribution is 2.21. The van der Waals surface area contributed by atoms with Crippen LogP contribution in [0.5, 0.6) is 5.75 Å². The molecule has 0 fully saturated rings. The Hall–Kier alpha value is -2.76. The van der Waals surface area contributed by atoms with Crippen LogP contribution in [0.3, 0.4) is 0 Å². The summed E-state index contributed by atoms with van der Waals surface area (Å²) in [5.41, 5.74) is 1.89. The summed E-state index contributed by atoms with van der Waals surface area (Å²) in [5.74, 6) is -1.36. The van der Waals surface area contributed by atoms with Gasteiger partial charge >= 0.3 is 5.97 Å². The molecule has 0 bridgehead atoms. The van der Waals surface area contributed by atoms with E-state index >= 15 is 0 Å². The van der Waals surface area contributed by atoms with E-state index in [0.29, 0.717) is 11.3 Å². The van der Waals surface area contributed by atoms with Gasteiger partial charge in [-0.25, -0.2) is 18.7 Å². The quantitative estimate of drug-likeness (QED) is 0.536. The molecule has 0 saturated carbocycles. The van der Waals surface area contributed by atoms with Crippen molar-refractivity contribution >= 4 is 11.6 Å². The first-order valence-corrected chi connectivity index (χ1v) is 6.34. The molecule has 0 aliphatic heterocycles. The molecule has 3 aromatic rings. The third-order valence-electron chi connectivity index (χ3n) is 3.06. The zero-order valence-electron chi connectivity index (χ0n) is 11.5. The maximum atomic E-state index is 13.7. The Kier molecular flexibility index (Phi) is 3.13. The third kappa shape index (κ3) is 2.35. The number of hydrogen-bond acceptors (Lipinski definition) is 4. The van der Waals surface area contributed by atoms with Gasteiger partial charge in [0.15, 0.2) is 17.2 Å². The number of carbonyl (C=O) groups excluding carboxylic acids is 1. The molecule has 0 aliphatic rings. The first-order valence-electron chi connectivity index (χ1n) is 6.34. The smallest absolute Gasteiger partial charge is 0.349 e. The predicted octanol–water partition coefficient (Wildman–Crippen LogP) is 2.70. The van der Waals surface area contributed by atoms with E-state index in [4.69, 9.17) is 4.74 Å². The molecule has 0 spiro atoms. The van der Waals surface area contributed by atoms with Gasteiger partial charge < -0.3 is 4.74 Å². The largest absolute Gasteiger partial charge is 0.420 e. The van der Waals surface area contributed by atoms with Crippen molar-refractivity contribution in [2.75, 3.05) is 0 Å². The molecule has 0 atom stereocenters. The number of benzene rings is 1. The van der Waals surface area contributed by atoms with Gasteiger partial charge in [-0.15, -0.1) is 0 Å². The Balaban J connectivity index is 2.01. The summed E-state index contributed by atoms with van der Waals surface area (Å²) < 4.78 is 20.3. The zero-order valence-corrected chi connectivity index (χ0v) is 11.5. The highest BCUT2D eigenvalue weighted by Gasteiger charge is 2.21. The number of fused-ring (bicyclic) bond motifs is 1. The van der Waals surface area contributed by atoms with Crippen molar-refractivity contribution < 1.29 is 13.9 Å². The number of aryl methyl sites for hydroxylation is 2. The number of hydrogen-bond donors (Lipinski definition) is 0. The Labute approximate surface area is 120 Å². The van der Waals surface area contributed by atoms with E-state index in [2.05, 4.69) is 10.1 Å². The van der Waals surface area contributed by atoms with Gasteiger partial charge in [0.05, 0.1) is 5.69 Å². The van der Waals surface area contributed by atoms with Crippen molar-refractivity contribution in [1.82, 2.24) is 14.6 Å². The van der Waals surface area contributed by atoms with Gasteiger partial charge in [-0.1, -0.05) is 6.07 Å². The second-order valence-corrected chi connectivity index (χ2v) is 4.67. The average Bonchev–Trinajstić information content (AvgIpc) is 2.78. The van der Waals surface area contributed by atoms with E-state index < -0.39 is 11.8 Å². The molecule has 2 heterocycles. The molecule has 0 N–H and O–H groups in total. The molecule has 0 unspecified atom stereocenters. The maximum Gasteiger partial charge on any atom is 0.349 e. The van der Waals surface area contributed by atoms with Crippen LogP contribution in [0.15, 0.2) is 36.7 Å². The van der Waals surface area contributed by atoms with Crippen molar-refractivity contribution in [3.63, 3.8) is 0 Å². The normalized spacial score (nSPS) is 10.8. The summed E-state index contributed by atoms with van der Waals surface area (Å²) in [4.78, 5) is 16.4. The fraction of sp³-hybridized carbons (Fsp3) is 0.133. The fourth-order valence-electron chi connectivity index (χ4n) is 2.08. The second-order valence-electron chi connectivity index (χ2n) is 4.67. The number of ether oxygens (including phenoxy) is 1. The summed E-state index contributed by atoms with van der Waals surface area (Å²) in [5, 5.41) is 4.18. The standard InChI is InChI=1S/C15H12FN3O2/c1-9-4-5-11(16)12(8-9)21-15(20)13-10(2)18-19-7-3-6-17-14(13)19/h3-8H,1-2H3. The van der Waals surface area contributed by atoms with Gasteiger partial charge in [0, 0.05) is 12.4 Å². The van der Waals surface area contributed by atoms with Crippen LogP contribution in [0.1, 0.15) is 21.6 Å². The van der Waals surface area contributed by atoms with Gasteiger partial charge in [0.2, 0.25) is 0 Å². The summed E-state index contributed by atoms with van der Waals surface area (Å²) in [6.45, 7) is 3.47. The monoisotopic (exact) mass is 285 g/mol. The zero-order chi connectivity index (χ0) is 15.0. The minimum absolute atomic E-state index is 0.102. The number of aromatic nitrogens is 3. The second kappa shape index (κ2) is 4.97. The van der Waals surface area contributed by atoms with Crippen LogP contribution in [0.2, 0.25) is 0 Å². The Bertz CT molecular complexity index is 842. The molecule has 5 nitrogen and oxygen atoms in total. The van der Waals surface area contributed by atoms with Crippen LogP contribution in [0.4, 0.5) is 4.39 Å². The summed E-state index contributed by atoms with van der Waals surface area (Å²) in [6.07, 6.45) is 3.24. The van der Waals surface area contributed by atoms with E-state index in [0.717, 1.165) is 5.56 Å². The molecule has 0 saturated heterocycles. The van der Waals surface area contributed by atoms with Crippen LogP contribution in [-0.2, 0) is 0 Å². The molecule has 3 rings (SSSR count). The van der Waals surface area contributed by atoms with Crippen molar-refractivity contribution in [2.24, 2.45) is 0 Å². The van der Waals surface area contributed by atoms with Gasteiger partial charge in [-0.3, -0.25) is 0 Å². The number of carbonyl (C=O) groups is 1. The lowest BCUT2D eigenvalue weighted by atomic mass is 10.2. The lowest BCUT2D eigenvalue weighted by molar-refractivity contribution is 0.0729. The van der Waals surface area contributed by atoms with E-state index in [1.54, 1.807) is 38.4 Å². The SMILES string of the molecule is Cc1ccc(F)c(OC(=O)c2c(C)nn3cccnc23)c1. The maximum absolute atomic E-state index is 13.7. The summed E-state index contributed by atoms with van der Waals surface area (Å²) in [7, 11) is 0. The number of nitrogens with zero attached hydrogens (tertiary/aromatic N) is 3. The van der Waals surface area contributed by atoms with E-state index in [1.807, 2.05) is 0 Å². The highest BCUT2D eigenvalue weighted by molar-refractivity contribution is 5.98. The molecule has 1 aromatic carbocycles. The van der Waals surface area contributed by atoms with E-state index in [1.165, 1.54) is 16.6 Å². The minimum Gasteiger partial charge on any atom is -0.420 e. The predicted molar refractivity (Wildman–Crippen MR) is 73.8 cm³/mol. The highest BCUT2D eigenvalue weighted by atomic mass is 19.1. The lowest BCUT2D eigenvalue weighted by Gasteiger charge is -2.05. The molecule has 0 radical (unpaired) electrons. The van der Waals surface area contributed by atoms with Crippen molar-refractivity contribution in [1.29, 1.82) is 0 Å². The molecule has 0 aliphatic carbocycles. The fourth-order valence-corrected chi connectivity index (χ4v) is 2.08. The molecular weight excluding hydrogens is 273 g/mol. The molecule has 106 valence electrons. The van der Waals surface area contributed by atoms with Gasteiger partial charge in [-0.05, 0) is 37.6 Å². The van der Waals surface area contributed by atoms with Gasteiger partial charge in [-0.2, -0.15) is 5.10 Å². The average molecular weight is 285 g/mol. The van der Waals surface area contributed by atoms with Crippen LogP contribution < -0.4 is 4.74 Å². The Morgan fingerprint density at radius 1 is 1.33 bits per heavy atom. The molecule has 6 heteroatoms. The van der Waals surface area contributed by atoms with Crippen molar-refractivity contribution in [2.45, 2.75) is 13.8 Å². The molecule has 21 heavy (non-hydrogen) atoms. The molecule has 0 amide bonds. The van der Waals surface area contributed by atoms with E-state index in [-0.39, 0.29) is 11.3 Å². The van der Waals surface area contributed by atoms with Crippen molar-refractivity contribution in [3.8, 4) is 5.75 Å². The topological polar surface area (TPSA) is 56.5 Å². The van der Waals surface area contributed by atoms with Crippen LogP contribution in [0.25, 0.3) is 5.65 Å². The Morgan fingerprint density at radius 2 is 2.14 bits per heavy atom. The van der Waals surface area contributed by atoms with Crippen molar-refractivity contribution in [3.05, 3.63) is 59.3 Å². The van der Waals surface area contributed by atoms with Crippen LogP contribution in [0, 0.1) is 19.7 Å². The third-order valence-corrected chi connectivity index (χ3v) is 3.06.